The van der Waals surface area contributed by atoms with Crippen LogP contribution in [0, 0.1) is 5.92 Å². The third-order valence-electron chi connectivity index (χ3n) is 4.80. The fourth-order valence-electron chi connectivity index (χ4n) is 3.65. The van der Waals surface area contributed by atoms with Crippen LogP contribution in [-0.2, 0) is 11.0 Å². The summed E-state index contributed by atoms with van der Waals surface area (Å²) in [4.78, 5) is 12.5. The molecular weight excluding hydrogens is 331 g/mol. The quantitative estimate of drug-likeness (QED) is 0.831. The molecule has 2 unspecified atom stereocenters. The van der Waals surface area contributed by atoms with Crippen molar-refractivity contribution < 1.29 is 18.0 Å². The highest BCUT2D eigenvalue weighted by molar-refractivity contribution is 6.07. The van der Waals surface area contributed by atoms with Gasteiger partial charge in [0, 0.05) is 23.4 Å². The zero-order valence-corrected chi connectivity index (χ0v) is 13.0. The van der Waals surface area contributed by atoms with Gasteiger partial charge in [-0.25, -0.2) is 0 Å². The Kier molecular flexibility index (Phi) is 3.59. The Balaban J connectivity index is 1.71. The standard InChI is InChI=1S/C18H14F3N3O/c19-18(20,21)11-5-3-10(4-6-11)15-13-7-8-14-12(2-1-9-22-24-14)16(13)23-17(15)25/h1-6,9,13,15H,7-8H2,(H,23,25). The average Bonchev–Trinajstić information content (AvgIpc) is 2.75. The van der Waals surface area contributed by atoms with E-state index in [0.29, 0.717) is 18.4 Å². The van der Waals surface area contributed by atoms with Gasteiger partial charge in [0.15, 0.2) is 0 Å². The second-order valence-electron chi connectivity index (χ2n) is 6.23. The third kappa shape index (κ3) is 2.69. The maximum absolute atomic E-state index is 12.7. The van der Waals surface area contributed by atoms with E-state index in [0.717, 1.165) is 29.1 Å². The third-order valence-corrected chi connectivity index (χ3v) is 4.80. The Bertz CT molecular complexity index is 847. The number of hydrogen-bond acceptors (Lipinski definition) is 3. The summed E-state index contributed by atoms with van der Waals surface area (Å²) in [5.74, 6) is -0.753. The van der Waals surface area contributed by atoms with Crippen molar-refractivity contribution in [3.8, 4) is 0 Å². The van der Waals surface area contributed by atoms with Crippen molar-refractivity contribution in [1.29, 1.82) is 0 Å². The lowest BCUT2D eigenvalue weighted by Crippen LogP contribution is -2.21. The predicted octanol–water partition coefficient (Wildman–Crippen LogP) is 3.58. The lowest BCUT2D eigenvalue weighted by Gasteiger charge is -2.24. The molecular formula is C18H14F3N3O. The fourth-order valence-corrected chi connectivity index (χ4v) is 3.65. The number of halogens is 3. The number of nitrogens with zero attached hydrogens (tertiary/aromatic N) is 2. The summed E-state index contributed by atoms with van der Waals surface area (Å²) < 4.78 is 38.2. The van der Waals surface area contributed by atoms with Gasteiger partial charge in [-0.1, -0.05) is 12.1 Å². The Morgan fingerprint density at radius 1 is 1.16 bits per heavy atom. The van der Waals surface area contributed by atoms with Gasteiger partial charge in [0.25, 0.3) is 0 Å². The van der Waals surface area contributed by atoms with Crippen LogP contribution < -0.4 is 5.32 Å². The highest BCUT2D eigenvalue weighted by Crippen LogP contribution is 2.43. The Morgan fingerprint density at radius 2 is 1.92 bits per heavy atom. The molecule has 0 radical (unpaired) electrons. The van der Waals surface area contributed by atoms with Gasteiger partial charge in [-0.15, -0.1) is 0 Å². The summed E-state index contributed by atoms with van der Waals surface area (Å²) in [7, 11) is 0. The average molecular weight is 345 g/mol. The van der Waals surface area contributed by atoms with Gasteiger partial charge in [-0.2, -0.15) is 23.4 Å². The molecule has 1 fully saturated rings. The van der Waals surface area contributed by atoms with Crippen molar-refractivity contribution in [3.63, 3.8) is 0 Å². The first kappa shape index (κ1) is 15.8. The van der Waals surface area contributed by atoms with E-state index < -0.39 is 17.7 Å². The van der Waals surface area contributed by atoms with Crippen LogP contribution in [0.5, 0.6) is 0 Å². The van der Waals surface area contributed by atoms with E-state index in [2.05, 4.69) is 15.5 Å². The molecule has 3 aliphatic rings. The van der Waals surface area contributed by atoms with Crippen molar-refractivity contribution in [2.75, 3.05) is 0 Å². The fraction of sp³-hybridized carbons (Fsp3) is 0.278. The first-order valence-corrected chi connectivity index (χ1v) is 7.94. The van der Waals surface area contributed by atoms with E-state index in [1.165, 1.54) is 12.1 Å². The van der Waals surface area contributed by atoms with E-state index >= 15 is 0 Å². The number of hydrogen-bond donors (Lipinski definition) is 1. The molecule has 1 saturated heterocycles. The summed E-state index contributed by atoms with van der Waals surface area (Å²) in [5.41, 5.74) is 2.36. The molecule has 128 valence electrons. The Labute approximate surface area is 141 Å². The van der Waals surface area contributed by atoms with Gasteiger partial charge in [0.2, 0.25) is 5.91 Å². The number of carbonyl (C=O) groups excluding carboxylic acids is 1. The molecule has 2 aliphatic heterocycles. The molecule has 4 nitrogen and oxygen atoms in total. The minimum absolute atomic E-state index is 0.0825. The van der Waals surface area contributed by atoms with Crippen LogP contribution in [0.1, 0.15) is 29.9 Å². The van der Waals surface area contributed by atoms with E-state index in [1.807, 2.05) is 6.08 Å². The van der Waals surface area contributed by atoms with Crippen LogP contribution in [0.25, 0.3) is 0 Å². The molecule has 2 atom stereocenters. The molecule has 7 heteroatoms. The van der Waals surface area contributed by atoms with Gasteiger partial charge < -0.3 is 5.32 Å². The van der Waals surface area contributed by atoms with Gasteiger partial charge in [-0.05, 0) is 42.7 Å². The number of benzene rings is 1. The Morgan fingerprint density at radius 3 is 2.64 bits per heavy atom. The topological polar surface area (TPSA) is 53.8 Å². The number of rotatable bonds is 1. The van der Waals surface area contributed by atoms with E-state index in [9.17, 15) is 18.0 Å². The van der Waals surface area contributed by atoms with Crippen LogP contribution in [0.4, 0.5) is 13.2 Å². The van der Waals surface area contributed by atoms with E-state index in [-0.39, 0.29) is 11.8 Å². The largest absolute Gasteiger partial charge is 0.416 e. The minimum Gasteiger partial charge on any atom is -0.328 e. The zero-order valence-electron chi connectivity index (χ0n) is 13.0. The first-order chi connectivity index (χ1) is 11.9. The number of amides is 1. The molecule has 4 rings (SSSR count). The van der Waals surface area contributed by atoms with Crippen molar-refractivity contribution in [2.24, 2.45) is 16.1 Å². The number of nitrogens with one attached hydrogen (secondary N) is 1. The van der Waals surface area contributed by atoms with Gasteiger partial charge >= 0.3 is 6.18 Å². The molecule has 1 aromatic carbocycles. The molecule has 0 aromatic heterocycles. The molecule has 1 aromatic rings. The highest BCUT2D eigenvalue weighted by Gasteiger charge is 2.43. The van der Waals surface area contributed by atoms with Crippen LogP contribution >= 0.6 is 0 Å². The van der Waals surface area contributed by atoms with Gasteiger partial charge in [0.1, 0.15) is 0 Å². The maximum atomic E-state index is 12.7. The van der Waals surface area contributed by atoms with E-state index in [1.54, 1.807) is 12.3 Å². The van der Waals surface area contributed by atoms with Crippen molar-refractivity contribution in [2.45, 2.75) is 24.9 Å². The lowest BCUT2D eigenvalue weighted by molar-refractivity contribution is -0.137. The Hall–Kier alpha value is -2.70. The van der Waals surface area contributed by atoms with E-state index in [4.69, 9.17) is 0 Å². The van der Waals surface area contributed by atoms with Crippen LogP contribution in [0.2, 0.25) is 0 Å². The minimum atomic E-state index is -4.38. The van der Waals surface area contributed by atoms with Crippen molar-refractivity contribution in [1.82, 2.24) is 5.32 Å². The lowest BCUT2D eigenvalue weighted by atomic mass is 9.78. The summed E-state index contributed by atoms with van der Waals surface area (Å²) in [5, 5.41) is 11.0. The second kappa shape index (κ2) is 5.68. The summed E-state index contributed by atoms with van der Waals surface area (Å²) in [6.07, 6.45) is 2.21. The summed E-state index contributed by atoms with van der Waals surface area (Å²) in [6.45, 7) is 0. The van der Waals surface area contributed by atoms with Crippen molar-refractivity contribution >= 4 is 17.8 Å². The van der Waals surface area contributed by atoms with Gasteiger partial charge in [-0.3, -0.25) is 4.79 Å². The van der Waals surface area contributed by atoms with Crippen LogP contribution in [0.15, 0.2) is 57.9 Å². The normalized spacial score (nSPS) is 25.2. The smallest absolute Gasteiger partial charge is 0.328 e. The first-order valence-electron chi connectivity index (χ1n) is 7.94. The highest BCUT2D eigenvalue weighted by atomic mass is 19.4. The molecule has 1 N–H and O–H groups in total. The molecule has 1 amide bonds. The zero-order chi connectivity index (χ0) is 17.6. The molecule has 25 heavy (non-hydrogen) atoms. The molecule has 1 aliphatic carbocycles. The van der Waals surface area contributed by atoms with Crippen LogP contribution in [0.3, 0.4) is 0 Å². The summed E-state index contributed by atoms with van der Waals surface area (Å²) >= 11 is 0. The van der Waals surface area contributed by atoms with Crippen molar-refractivity contribution in [3.05, 3.63) is 58.8 Å². The monoisotopic (exact) mass is 345 g/mol. The van der Waals surface area contributed by atoms with Crippen LogP contribution in [-0.4, -0.2) is 17.8 Å². The molecule has 0 saturated carbocycles. The molecule has 0 bridgehead atoms. The van der Waals surface area contributed by atoms with Gasteiger partial charge in [0.05, 0.1) is 17.2 Å². The maximum Gasteiger partial charge on any atom is 0.416 e. The molecule has 2 heterocycles. The number of fused-ring (bicyclic) bond motifs is 2. The number of allylic oxidation sites excluding steroid dienone is 4. The number of carbonyl (C=O) groups is 1. The predicted molar refractivity (Wildman–Crippen MR) is 87.1 cm³/mol. The summed E-state index contributed by atoms with van der Waals surface area (Å²) in [6, 6.07) is 4.86. The molecule has 0 spiro atoms. The second-order valence-corrected chi connectivity index (χ2v) is 6.23. The number of alkyl halides is 3. The SMILES string of the molecule is O=C1NC2=C3C=CC=NN=C3CCC2C1c1ccc(C(F)(F)F)cc1.